The van der Waals surface area contributed by atoms with E-state index in [-0.39, 0.29) is 17.6 Å². The SMILES string of the molecule is C#C/C=C/C[C@@H](Cl)[C@H]1CC=CC[C@@H]([C@H](Br)CC)O1. The van der Waals surface area contributed by atoms with Crippen LogP contribution in [0.5, 0.6) is 0 Å². The molecule has 0 aromatic heterocycles. The van der Waals surface area contributed by atoms with E-state index in [2.05, 4.69) is 40.9 Å². The summed E-state index contributed by atoms with van der Waals surface area (Å²) in [5.74, 6) is 2.47. The van der Waals surface area contributed by atoms with Gasteiger partial charge in [0.1, 0.15) is 0 Å². The van der Waals surface area contributed by atoms with Crippen molar-refractivity contribution in [3.05, 3.63) is 24.3 Å². The Morgan fingerprint density at radius 1 is 1.50 bits per heavy atom. The first-order valence-corrected chi connectivity index (χ1v) is 7.74. The van der Waals surface area contributed by atoms with Crippen molar-refractivity contribution in [3.8, 4) is 12.3 Å². The smallest absolute Gasteiger partial charge is 0.0780 e. The molecule has 0 saturated carbocycles. The fourth-order valence-corrected chi connectivity index (χ4v) is 2.55. The zero-order chi connectivity index (χ0) is 13.4. The molecule has 0 unspecified atom stereocenters. The summed E-state index contributed by atoms with van der Waals surface area (Å²) in [6.07, 6.45) is 17.0. The minimum atomic E-state index is -0.0311. The third kappa shape index (κ3) is 5.18. The first-order valence-electron chi connectivity index (χ1n) is 6.38. The summed E-state index contributed by atoms with van der Waals surface area (Å²) in [4.78, 5) is 0.382. The Balaban J connectivity index is 2.56. The molecule has 3 heteroatoms. The van der Waals surface area contributed by atoms with Gasteiger partial charge in [0.25, 0.3) is 0 Å². The second-order valence-electron chi connectivity index (χ2n) is 4.40. The number of hydrogen-bond acceptors (Lipinski definition) is 1. The van der Waals surface area contributed by atoms with Crippen LogP contribution < -0.4 is 0 Å². The van der Waals surface area contributed by atoms with E-state index in [9.17, 15) is 0 Å². The number of alkyl halides is 2. The van der Waals surface area contributed by atoms with Crippen molar-refractivity contribution in [2.45, 2.75) is 55.0 Å². The standard InChI is InChI=1S/C15H20BrClO/c1-3-5-6-9-13(17)15-11-8-7-10-14(18-15)12(16)4-2/h1,5-8,12-15H,4,9-11H2,2H3/b6-5+/t12-,13-,14+,15-/m1/s1. The fraction of sp³-hybridized carbons (Fsp3) is 0.600. The molecule has 1 aliphatic heterocycles. The van der Waals surface area contributed by atoms with E-state index in [0.29, 0.717) is 4.83 Å². The minimum absolute atomic E-state index is 0.0311. The van der Waals surface area contributed by atoms with Gasteiger partial charge in [-0.1, -0.05) is 47.0 Å². The van der Waals surface area contributed by atoms with Gasteiger partial charge in [-0.25, -0.2) is 0 Å². The van der Waals surface area contributed by atoms with Crippen LogP contribution in [0.15, 0.2) is 24.3 Å². The number of terminal acetylenes is 1. The normalized spacial score (nSPS) is 27.7. The van der Waals surface area contributed by atoms with E-state index in [1.807, 2.05) is 6.08 Å². The Morgan fingerprint density at radius 3 is 2.78 bits per heavy atom. The van der Waals surface area contributed by atoms with E-state index in [0.717, 1.165) is 25.7 Å². The van der Waals surface area contributed by atoms with Gasteiger partial charge in [-0.3, -0.25) is 0 Å². The van der Waals surface area contributed by atoms with Crippen LogP contribution in [0, 0.1) is 12.3 Å². The molecule has 0 bridgehead atoms. The molecule has 100 valence electrons. The summed E-state index contributed by atoms with van der Waals surface area (Å²) in [6.45, 7) is 2.15. The van der Waals surface area contributed by atoms with Crippen molar-refractivity contribution < 1.29 is 4.74 Å². The average Bonchev–Trinajstić information content (AvgIpc) is 2.63. The molecule has 4 atom stereocenters. The van der Waals surface area contributed by atoms with Crippen molar-refractivity contribution in [2.75, 3.05) is 0 Å². The molecule has 0 saturated heterocycles. The Hall–Kier alpha value is -0.230. The van der Waals surface area contributed by atoms with Crippen molar-refractivity contribution in [1.29, 1.82) is 0 Å². The topological polar surface area (TPSA) is 9.23 Å². The van der Waals surface area contributed by atoms with Crippen LogP contribution in [-0.2, 0) is 4.74 Å². The molecule has 0 amide bonds. The highest BCUT2D eigenvalue weighted by Crippen LogP contribution is 2.26. The number of hydrogen-bond donors (Lipinski definition) is 0. The van der Waals surface area contributed by atoms with Gasteiger partial charge < -0.3 is 4.74 Å². The molecule has 1 nitrogen and oxygen atoms in total. The Bertz CT molecular complexity index is 332. The van der Waals surface area contributed by atoms with Crippen molar-refractivity contribution in [1.82, 2.24) is 0 Å². The summed E-state index contributed by atoms with van der Waals surface area (Å²) in [5.41, 5.74) is 0. The van der Waals surface area contributed by atoms with Crippen molar-refractivity contribution in [2.24, 2.45) is 0 Å². The lowest BCUT2D eigenvalue weighted by Crippen LogP contribution is -2.32. The molecule has 1 rings (SSSR count). The Morgan fingerprint density at radius 2 is 2.17 bits per heavy atom. The summed E-state index contributed by atoms with van der Waals surface area (Å²) in [7, 11) is 0. The van der Waals surface area contributed by atoms with Crippen LogP contribution >= 0.6 is 27.5 Å². The highest BCUT2D eigenvalue weighted by atomic mass is 79.9. The molecular formula is C15H20BrClO. The zero-order valence-electron chi connectivity index (χ0n) is 10.7. The first-order chi connectivity index (χ1) is 8.69. The summed E-state index contributed by atoms with van der Waals surface area (Å²) >= 11 is 10.1. The zero-order valence-corrected chi connectivity index (χ0v) is 13.0. The van der Waals surface area contributed by atoms with Crippen LogP contribution in [-0.4, -0.2) is 22.4 Å². The third-order valence-corrected chi connectivity index (χ3v) is 4.72. The average molecular weight is 332 g/mol. The predicted molar refractivity (Wildman–Crippen MR) is 82.3 cm³/mol. The van der Waals surface area contributed by atoms with Crippen LogP contribution in [0.2, 0.25) is 0 Å². The number of ether oxygens (including phenoxy) is 1. The largest absolute Gasteiger partial charge is 0.372 e. The molecule has 0 spiro atoms. The van der Waals surface area contributed by atoms with Gasteiger partial charge in [0.15, 0.2) is 0 Å². The quantitative estimate of drug-likeness (QED) is 0.411. The van der Waals surface area contributed by atoms with Gasteiger partial charge in [-0.15, -0.1) is 18.0 Å². The van der Waals surface area contributed by atoms with Crippen LogP contribution in [0.3, 0.4) is 0 Å². The van der Waals surface area contributed by atoms with E-state index in [1.54, 1.807) is 6.08 Å². The molecule has 0 aromatic carbocycles. The van der Waals surface area contributed by atoms with Gasteiger partial charge in [-0.2, -0.15) is 0 Å². The molecule has 0 radical (unpaired) electrons. The maximum Gasteiger partial charge on any atom is 0.0780 e. The summed E-state index contributed by atoms with van der Waals surface area (Å²) in [6, 6.07) is 0. The molecule has 18 heavy (non-hydrogen) atoms. The van der Waals surface area contributed by atoms with Crippen molar-refractivity contribution >= 4 is 27.5 Å². The third-order valence-electron chi connectivity index (χ3n) is 3.03. The van der Waals surface area contributed by atoms with Gasteiger partial charge in [0, 0.05) is 4.83 Å². The molecule has 0 aromatic rings. The maximum atomic E-state index is 6.39. The first kappa shape index (κ1) is 15.8. The van der Waals surface area contributed by atoms with E-state index in [1.165, 1.54) is 0 Å². The molecule has 0 fully saturated rings. The van der Waals surface area contributed by atoms with E-state index >= 15 is 0 Å². The monoisotopic (exact) mass is 330 g/mol. The number of halogens is 2. The second-order valence-corrected chi connectivity index (χ2v) is 6.14. The minimum Gasteiger partial charge on any atom is -0.372 e. The number of allylic oxidation sites excluding steroid dienone is 2. The molecule has 0 aliphatic carbocycles. The molecular weight excluding hydrogens is 312 g/mol. The highest BCUT2D eigenvalue weighted by Gasteiger charge is 2.27. The summed E-state index contributed by atoms with van der Waals surface area (Å²) < 4.78 is 6.13. The van der Waals surface area contributed by atoms with Gasteiger partial charge in [0.05, 0.1) is 17.6 Å². The number of rotatable bonds is 5. The molecule has 0 N–H and O–H groups in total. The van der Waals surface area contributed by atoms with Crippen LogP contribution in [0.25, 0.3) is 0 Å². The van der Waals surface area contributed by atoms with Gasteiger partial charge >= 0.3 is 0 Å². The maximum absolute atomic E-state index is 6.39. The lowest BCUT2D eigenvalue weighted by molar-refractivity contribution is -0.00662. The van der Waals surface area contributed by atoms with Crippen molar-refractivity contribution in [3.63, 3.8) is 0 Å². The van der Waals surface area contributed by atoms with Crippen LogP contribution in [0.4, 0.5) is 0 Å². The Kier molecular flexibility index (Phi) is 7.74. The van der Waals surface area contributed by atoms with Gasteiger partial charge in [0.2, 0.25) is 0 Å². The highest BCUT2D eigenvalue weighted by molar-refractivity contribution is 9.09. The Labute approximate surface area is 124 Å². The predicted octanol–water partition coefficient (Wildman–Crippen LogP) is 4.45. The van der Waals surface area contributed by atoms with Crippen LogP contribution in [0.1, 0.15) is 32.6 Å². The van der Waals surface area contributed by atoms with E-state index in [4.69, 9.17) is 22.8 Å². The van der Waals surface area contributed by atoms with Gasteiger partial charge in [-0.05, 0) is 31.8 Å². The lowest BCUT2D eigenvalue weighted by atomic mass is 10.1. The molecule has 1 heterocycles. The summed E-state index contributed by atoms with van der Waals surface area (Å²) in [5, 5.41) is -0.0311. The van der Waals surface area contributed by atoms with E-state index < -0.39 is 0 Å². The molecule has 1 aliphatic rings. The second kappa shape index (κ2) is 8.80. The lowest BCUT2D eigenvalue weighted by Gasteiger charge is -2.27. The fourth-order valence-electron chi connectivity index (χ4n) is 1.94.